The van der Waals surface area contributed by atoms with E-state index in [0.29, 0.717) is 17.8 Å². The van der Waals surface area contributed by atoms with Crippen LogP contribution in [0.4, 0.5) is 0 Å². The van der Waals surface area contributed by atoms with Gasteiger partial charge >= 0.3 is 0 Å². The van der Waals surface area contributed by atoms with Crippen LogP contribution >= 0.6 is 12.4 Å². The van der Waals surface area contributed by atoms with Gasteiger partial charge in [-0.15, -0.1) is 12.4 Å². The first-order chi connectivity index (χ1) is 9.19. The van der Waals surface area contributed by atoms with E-state index in [0.717, 1.165) is 12.2 Å². The molecule has 0 aliphatic heterocycles. The maximum absolute atomic E-state index is 5.73. The van der Waals surface area contributed by atoms with Gasteiger partial charge in [-0.1, -0.05) is 23.4 Å². The summed E-state index contributed by atoms with van der Waals surface area (Å²) in [5, 5.41) is 7.10. The summed E-state index contributed by atoms with van der Waals surface area (Å²) in [6.45, 7) is 3.96. The molecule has 5 nitrogen and oxygen atoms in total. The molecule has 0 spiro atoms. The van der Waals surface area contributed by atoms with Gasteiger partial charge in [0.05, 0.1) is 0 Å². The smallest absolute Gasteiger partial charge is 0.267 e. The van der Waals surface area contributed by atoms with E-state index in [1.165, 1.54) is 0 Å². The third kappa shape index (κ3) is 4.51. The lowest BCUT2D eigenvalue weighted by molar-refractivity contribution is 0.175. The van der Waals surface area contributed by atoms with Crippen LogP contribution in [0.15, 0.2) is 34.9 Å². The Morgan fingerprint density at radius 3 is 2.60 bits per heavy atom. The van der Waals surface area contributed by atoms with Gasteiger partial charge in [-0.05, 0) is 33.0 Å². The van der Waals surface area contributed by atoms with Gasteiger partial charge in [0.15, 0.2) is 11.9 Å². The molecule has 2 aromatic rings. The zero-order valence-electron chi connectivity index (χ0n) is 11.9. The van der Waals surface area contributed by atoms with E-state index in [-0.39, 0.29) is 18.5 Å². The van der Waals surface area contributed by atoms with Gasteiger partial charge in [-0.2, -0.15) is 4.98 Å². The van der Waals surface area contributed by atoms with Crippen LogP contribution in [0, 0.1) is 0 Å². The van der Waals surface area contributed by atoms with Crippen molar-refractivity contribution in [2.75, 3.05) is 7.05 Å². The number of rotatable bonds is 6. The van der Waals surface area contributed by atoms with Crippen LogP contribution < -0.4 is 10.1 Å². The number of likely N-dealkylation sites (N-methyl/N-ethyl adjacent to an activating group) is 1. The fourth-order valence-corrected chi connectivity index (χ4v) is 1.65. The zero-order chi connectivity index (χ0) is 13.7. The first-order valence-electron chi connectivity index (χ1n) is 6.40. The molecule has 1 heterocycles. The average Bonchev–Trinajstić information content (AvgIpc) is 2.88. The molecule has 0 aliphatic rings. The number of hydrogen-bond donors (Lipinski definition) is 1. The number of benzene rings is 1. The van der Waals surface area contributed by atoms with Crippen LogP contribution in [-0.2, 0) is 6.42 Å². The molecule has 2 unspecified atom stereocenters. The second-order valence-electron chi connectivity index (χ2n) is 4.52. The monoisotopic (exact) mass is 297 g/mol. The first-order valence-corrected chi connectivity index (χ1v) is 6.40. The van der Waals surface area contributed by atoms with Crippen LogP contribution in [0.5, 0.6) is 5.75 Å². The normalized spacial score (nSPS) is 13.3. The third-order valence-corrected chi connectivity index (χ3v) is 2.87. The summed E-state index contributed by atoms with van der Waals surface area (Å²) in [5.41, 5.74) is 0. The van der Waals surface area contributed by atoms with Gasteiger partial charge in [0, 0.05) is 12.5 Å². The average molecular weight is 298 g/mol. The van der Waals surface area contributed by atoms with Crippen LogP contribution in [-0.4, -0.2) is 23.2 Å². The Morgan fingerprint density at radius 1 is 1.25 bits per heavy atom. The molecular formula is C14H20ClN3O2. The largest absolute Gasteiger partial charge is 0.481 e. The zero-order valence-corrected chi connectivity index (χ0v) is 12.7. The van der Waals surface area contributed by atoms with E-state index in [2.05, 4.69) is 22.4 Å². The minimum absolute atomic E-state index is 0. The summed E-state index contributed by atoms with van der Waals surface area (Å²) < 4.78 is 11.0. The standard InChI is InChI=1S/C14H19N3O2.ClH/c1-10(15-3)9-13-16-14(19-17-13)11(2)18-12-7-5-4-6-8-12;/h4-8,10-11,15H,9H2,1-3H3;1H. The molecule has 0 bridgehead atoms. The van der Waals surface area contributed by atoms with Crippen molar-refractivity contribution in [2.45, 2.75) is 32.4 Å². The van der Waals surface area contributed by atoms with Gasteiger partial charge in [-0.25, -0.2) is 0 Å². The van der Waals surface area contributed by atoms with E-state index < -0.39 is 0 Å². The van der Waals surface area contributed by atoms with Crippen molar-refractivity contribution in [1.82, 2.24) is 15.5 Å². The van der Waals surface area contributed by atoms with E-state index in [1.54, 1.807) is 0 Å². The van der Waals surface area contributed by atoms with Crippen molar-refractivity contribution < 1.29 is 9.26 Å². The SMILES string of the molecule is CNC(C)Cc1noc(C(C)Oc2ccccc2)n1.Cl. The summed E-state index contributed by atoms with van der Waals surface area (Å²) in [4.78, 5) is 4.35. The molecule has 110 valence electrons. The molecule has 0 saturated heterocycles. The number of nitrogens with zero attached hydrogens (tertiary/aromatic N) is 2. The highest BCUT2D eigenvalue weighted by atomic mass is 35.5. The number of hydrogen-bond acceptors (Lipinski definition) is 5. The highest BCUT2D eigenvalue weighted by Gasteiger charge is 2.16. The summed E-state index contributed by atoms with van der Waals surface area (Å²) in [7, 11) is 1.91. The topological polar surface area (TPSA) is 60.2 Å². The second-order valence-corrected chi connectivity index (χ2v) is 4.52. The quantitative estimate of drug-likeness (QED) is 0.888. The van der Waals surface area contributed by atoms with Crippen LogP contribution in [0.25, 0.3) is 0 Å². The molecule has 0 aliphatic carbocycles. The van der Waals surface area contributed by atoms with Crippen LogP contribution in [0.1, 0.15) is 31.7 Å². The van der Waals surface area contributed by atoms with E-state index in [1.807, 2.05) is 44.3 Å². The molecule has 0 amide bonds. The molecule has 0 radical (unpaired) electrons. The van der Waals surface area contributed by atoms with Crippen molar-refractivity contribution in [3.8, 4) is 5.75 Å². The molecule has 2 rings (SSSR count). The van der Waals surface area contributed by atoms with Crippen molar-refractivity contribution in [3.05, 3.63) is 42.0 Å². The van der Waals surface area contributed by atoms with Gasteiger partial charge in [0.1, 0.15) is 5.75 Å². The Balaban J connectivity index is 0.00000200. The number of halogens is 1. The fraction of sp³-hybridized carbons (Fsp3) is 0.429. The third-order valence-electron chi connectivity index (χ3n) is 2.87. The van der Waals surface area contributed by atoms with Crippen LogP contribution in [0.3, 0.4) is 0 Å². The second kappa shape index (κ2) is 7.87. The highest BCUT2D eigenvalue weighted by molar-refractivity contribution is 5.85. The molecule has 1 aromatic carbocycles. The van der Waals surface area contributed by atoms with Gasteiger partial charge in [0.2, 0.25) is 0 Å². The minimum Gasteiger partial charge on any atom is -0.481 e. The number of para-hydroxylation sites is 1. The van der Waals surface area contributed by atoms with E-state index in [9.17, 15) is 0 Å². The molecule has 20 heavy (non-hydrogen) atoms. The maximum Gasteiger partial charge on any atom is 0.267 e. The summed E-state index contributed by atoms with van der Waals surface area (Å²) in [6, 6.07) is 9.91. The van der Waals surface area contributed by atoms with Crippen molar-refractivity contribution in [2.24, 2.45) is 0 Å². The molecule has 1 aromatic heterocycles. The lowest BCUT2D eigenvalue weighted by Crippen LogP contribution is -2.24. The molecule has 0 fully saturated rings. The molecule has 2 atom stereocenters. The van der Waals surface area contributed by atoms with Crippen molar-refractivity contribution in [1.29, 1.82) is 0 Å². The molecular weight excluding hydrogens is 278 g/mol. The predicted molar refractivity (Wildman–Crippen MR) is 79.3 cm³/mol. The summed E-state index contributed by atoms with van der Waals surface area (Å²) in [5.74, 6) is 1.99. The van der Waals surface area contributed by atoms with E-state index in [4.69, 9.17) is 9.26 Å². The van der Waals surface area contributed by atoms with Gasteiger partial charge < -0.3 is 14.6 Å². The van der Waals surface area contributed by atoms with Crippen molar-refractivity contribution >= 4 is 12.4 Å². The Hall–Kier alpha value is -1.59. The van der Waals surface area contributed by atoms with Gasteiger partial charge in [0.25, 0.3) is 5.89 Å². The first kappa shape index (κ1) is 16.5. The van der Waals surface area contributed by atoms with E-state index >= 15 is 0 Å². The Bertz CT molecular complexity index is 504. The Labute approximate surface area is 125 Å². The van der Waals surface area contributed by atoms with Crippen molar-refractivity contribution in [3.63, 3.8) is 0 Å². The number of ether oxygens (including phenoxy) is 1. The van der Waals surface area contributed by atoms with Crippen LogP contribution in [0.2, 0.25) is 0 Å². The minimum atomic E-state index is -0.256. The molecule has 0 saturated carbocycles. The summed E-state index contributed by atoms with van der Waals surface area (Å²) in [6.07, 6.45) is 0.478. The highest BCUT2D eigenvalue weighted by Crippen LogP contribution is 2.20. The lowest BCUT2D eigenvalue weighted by Gasteiger charge is -2.10. The predicted octanol–water partition coefficient (Wildman–Crippen LogP) is 2.78. The molecule has 6 heteroatoms. The van der Waals surface area contributed by atoms with Gasteiger partial charge in [-0.3, -0.25) is 0 Å². The Kier molecular flexibility index (Phi) is 6.48. The fourth-order valence-electron chi connectivity index (χ4n) is 1.65. The lowest BCUT2D eigenvalue weighted by atomic mass is 10.2. The summed E-state index contributed by atoms with van der Waals surface area (Å²) >= 11 is 0. The Morgan fingerprint density at radius 2 is 1.95 bits per heavy atom. The molecule has 1 N–H and O–H groups in total. The maximum atomic E-state index is 5.73. The number of aromatic nitrogens is 2. The number of nitrogens with one attached hydrogen (secondary N) is 1.